The SMILES string of the molecule is CCCCOCCCC.O=[N+]([O-])[O-].[Li+]. The summed E-state index contributed by atoms with van der Waals surface area (Å²) in [5, 5.41) is 14.8. The summed E-state index contributed by atoms with van der Waals surface area (Å²) in [6.45, 7) is 6.28. The third-order valence-corrected chi connectivity index (χ3v) is 1.28. The van der Waals surface area contributed by atoms with Crippen molar-refractivity contribution in [2.45, 2.75) is 39.5 Å². The Hall–Kier alpha value is -0.243. The molecule has 0 heterocycles. The predicted octanol–water partition coefficient (Wildman–Crippen LogP) is -0.632. The van der Waals surface area contributed by atoms with Gasteiger partial charge in [-0.1, -0.05) is 26.7 Å². The second-order valence-corrected chi connectivity index (χ2v) is 2.54. The van der Waals surface area contributed by atoms with Crippen LogP contribution < -0.4 is 18.9 Å². The first-order chi connectivity index (χ1) is 6.15. The molecule has 0 aromatic carbocycles. The molecule has 0 saturated carbocycles. The molecule has 0 aromatic heterocycles. The van der Waals surface area contributed by atoms with Gasteiger partial charge >= 0.3 is 18.9 Å². The molecule has 0 saturated heterocycles. The van der Waals surface area contributed by atoms with Crippen LogP contribution >= 0.6 is 0 Å². The Morgan fingerprint density at radius 3 is 1.57 bits per heavy atom. The summed E-state index contributed by atoms with van der Waals surface area (Å²) in [6, 6.07) is 0. The first kappa shape index (κ1) is 19.3. The van der Waals surface area contributed by atoms with Crippen LogP contribution in [-0.2, 0) is 4.74 Å². The summed E-state index contributed by atoms with van der Waals surface area (Å²) in [5.74, 6) is 0. The predicted molar refractivity (Wildman–Crippen MR) is 51.0 cm³/mol. The van der Waals surface area contributed by atoms with Gasteiger partial charge in [0.1, 0.15) is 0 Å². The monoisotopic (exact) mass is 199 g/mol. The van der Waals surface area contributed by atoms with Gasteiger partial charge in [-0.25, -0.2) is 0 Å². The number of ether oxygens (including phenoxy) is 1. The van der Waals surface area contributed by atoms with Gasteiger partial charge in [0.2, 0.25) is 0 Å². The van der Waals surface area contributed by atoms with Crippen LogP contribution in [0.3, 0.4) is 0 Å². The van der Waals surface area contributed by atoms with Crippen molar-refractivity contribution in [3.8, 4) is 0 Å². The summed E-state index contributed by atoms with van der Waals surface area (Å²) >= 11 is 0. The molecule has 0 aliphatic heterocycles. The molecule has 14 heavy (non-hydrogen) atoms. The van der Waals surface area contributed by atoms with Gasteiger partial charge in [0.05, 0.1) is 5.09 Å². The van der Waals surface area contributed by atoms with E-state index in [1.54, 1.807) is 0 Å². The summed E-state index contributed by atoms with van der Waals surface area (Å²) in [7, 11) is 0. The van der Waals surface area contributed by atoms with E-state index in [0.717, 1.165) is 13.2 Å². The zero-order valence-corrected chi connectivity index (χ0v) is 9.32. The molecular formula is C8H18LiNO4. The fourth-order valence-corrected chi connectivity index (χ4v) is 0.595. The van der Waals surface area contributed by atoms with Gasteiger partial charge < -0.3 is 20.1 Å². The largest absolute Gasteiger partial charge is 1.00 e. The van der Waals surface area contributed by atoms with Crippen molar-refractivity contribution in [2.75, 3.05) is 13.2 Å². The zero-order chi connectivity index (χ0) is 10.5. The molecule has 0 unspecified atom stereocenters. The molecule has 0 amide bonds. The molecule has 0 bridgehead atoms. The standard InChI is InChI=1S/C8H18O.Li.NO3/c1-3-5-7-9-8-6-4-2;;2-1(3)4/h3-8H2,1-2H3;;/q;+1;-1. The zero-order valence-electron chi connectivity index (χ0n) is 9.32. The topological polar surface area (TPSA) is 75.4 Å². The average Bonchev–Trinajstić information content (AvgIpc) is 2.03. The fraction of sp³-hybridized carbons (Fsp3) is 1.00. The molecule has 0 aliphatic rings. The van der Waals surface area contributed by atoms with Gasteiger partial charge in [-0.15, -0.1) is 0 Å². The smallest absolute Gasteiger partial charge is 0.381 e. The quantitative estimate of drug-likeness (QED) is 0.247. The third kappa shape index (κ3) is 41.0. The van der Waals surface area contributed by atoms with Crippen molar-refractivity contribution in [1.29, 1.82) is 0 Å². The van der Waals surface area contributed by atoms with Crippen molar-refractivity contribution in [2.24, 2.45) is 0 Å². The Labute approximate surface area is 97.1 Å². The van der Waals surface area contributed by atoms with E-state index >= 15 is 0 Å². The molecule has 5 nitrogen and oxygen atoms in total. The Balaban J connectivity index is -0.000000209. The Morgan fingerprint density at radius 2 is 1.36 bits per heavy atom. The summed E-state index contributed by atoms with van der Waals surface area (Å²) < 4.78 is 5.31. The maximum absolute atomic E-state index is 8.25. The van der Waals surface area contributed by atoms with Crippen molar-refractivity contribution < 1.29 is 28.7 Å². The van der Waals surface area contributed by atoms with Crippen LogP contribution in [0.15, 0.2) is 0 Å². The van der Waals surface area contributed by atoms with E-state index in [-0.39, 0.29) is 18.9 Å². The van der Waals surface area contributed by atoms with E-state index in [1.165, 1.54) is 25.7 Å². The number of hydrogen-bond acceptors (Lipinski definition) is 4. The van der Waals surface area contributed by atoms with Gasteiger partial charge in [0, 0.05) is 13.2 Å². The van der Waals surface area contributed by atoms with E-state index in [9.17, 15) is 0 Å². The normalized spacial score (nSPS) is 8.14. The summed E-state index contributed by atoms with van der Waals surface area (Å²) in [5.41, 5.74) is 0. The minimum Gasteiger partial charge on any atom is -0.381 e. The van der Waals surface area contributed by atoms with Gasteiger partial charge in [-0.2, -0.15) is 0 Å². The van der Waals surface area contributed by atoms with Crippen molar-refractivity contribution in [3.63, 3.8) is 0 Å². The van der Waals surface area contributed by atoms with Gasteiger partial charge in [0.15, 0.2) is 0 Å². The molecule has 0 N–H and O–H groups in total. The third-order valence-electron chi connectivity index (χ3n) is 1.28. The second kappa shape index (κ2) is 18.5. The Morgan fingerprint density at radius 1 is 1.07 bits per heavy atom. The number of hydrogen-bond donors (Lipinski definition) is 0. The molecule has 0 rings (SSSR count). The van der Waals surface area contributed by atoms with E-state index in [2.05, 4.69) is 13.8 Å². The van der Waals surface area contributed by atoms with E-state index in [1.807, 2.05) is 0 Å². The van der Waals surface area contributed by atoms with Crippen molar-refractivity contribution in [3.05, 3.63) is 15.3 Å². The van der Waals surface area contributed by atoms with Crippen LogP contribution in [0.4, 0.5) is 0 Å². The van der Waals surface area contributed by atoms with Crippen molar-refractivity contribution >= 4 is 0 Å². The maximum Gasteiger partial charge on any atom is 1.00 e. The molecule has 6 heteroatoms. The first-order valence-electron chi connectivity index (χ1n) is 4.54. The van der Waals surface area contributed by atoms with Crippen LogP contribution in [0.5, 0.6) is 0 Å². The summed E-state index contributed by atoms with van der Waals surface area (Å²) in [6.07, 6.45) is 4.91. The first-order valence-corrected chi connectivity index (χ1v) is 4.54. The number of nitrogens with zero attached hydrogens (tertiary/aromatic N) is 1. The van der Waals surface area contributed by atoms with Crippen molar-refractivity contribution in [1.82, 2.24) is 0 Å². The van der Waals surface area contributed by atoms with Gasteiger partial charge in [0.25, 0.3) is 0 Å². The van der Waals surface area contributed by atoms with Crippen LogP contribution in [0, 0.1) is 15.3 Å². The molecule has 0 spiro atoms. The van der Waals surface area contributed by atoms with Gasteiger partial charge in [-0.3, -0.25) is 0 Å². The van der Waals surface area contributed by atoms with Crippen LogP contribution in [0.2, 0.25) is 0 Å². The Bertz CT molecular complexity index is 104. The van der Waals surface area contributed by atoms with Crippen LogP contribution in [0.1, 0.15) is 39.5 Å². The molecule has 0 aromatic rings. The second-order valence-electron chi connectivity index (χ2n) is 2.54. The molecule has 0 radical (unpaired) electrons. The molecule has 0 fully saturated rings. The van der Waals surface area contributed by atoms with E-state index in [4.69, 9.17) is 20.1 Å². The average molecular weight is 199 g/mol. The number of rotatable bonds is 6. The minimum atomic E-state index is -1.75. The van der Waals surface area contributed by atoms with Crippen LogP contribution in [0.25, 0.3) is 0 Å². The van der Waals surface area contributed by atoms with E-state index < -0.39 is 5.09 Å². The summed E-state index contributed by atoms with van der Waals surface area (Å²) in [4.78, 5) is 8.25. The number of unbranched alkanes of at least 4 members (excludes halogenated alkanes) is 2. The fourth-order valence-electron chi connectivity index (χ4n) is 0.595. The molecule has 0 aliphatic carbocycles. The Kier molecular flexibility index (Phi) is 25.6. The molecule has 80 valence electrons. The van der Waals surface area contributed by atoms with Crippen LogP contribution in [-0.4, -0.2) is 18.3 Å². The van der Waals surface area contributed by atoms with E-state index in [0.29, 0.717) is 0 Å². The molecular weight excluding hydrogens is 181 g/mol. The maximum atomic E-state index is 8.25. The minimum absolute atomic E-state index is 0. The van der Waals surface area contributed by atoms with Gasteiger partial charge in [-0.05, 0) is 12.8 Å². The molecule has 0 atom stereocenters.